The van der Waals surface area contributed by atoms with Crippen molar-refractivity contribution in [3.63, 3.8) is 0 Å². The van der Waals surface area contributed by atoms with Gasteiger partial charge in [0.25, 0.3) is 0 Å². The van der Waals surface area contributed by atoms with Gasteiger partial charge in [0.15, 0.2) is 14.4 Å². The van der Waals surface area contributed by atoms with Crippen LogP contribution in [0.1, 0.15) is 32.8 Å². The molecule has 3 rings (SSSR count). The molecule has 0 amide bonds. The molecular weight excluding hydrogens is 370 g/mol. The van der Waals surface area contributed by atoms with E-state index < -0.39 is 14.4 Å². The van der Waals surface area contributed by atoms with Gasteiger partial charge in [-0.3, -0.25) is 9.63 Å². The van der Waals surface area contributed by atoms with Gasteiger partial charge in [-0.2, -0.15) is 5.48 Å². The third-order valence-electron chi connectivity index (χ3n) is 5.89. The van der Waals surface area contributed by atoms with Crippen LogP contribution in [0.15, 0.2) is 54.1 Å². The molecule has 1 heterocycles. The molecule has 1 aliphatic carbocycles. The molecule has 1 aliphatic heterocycles. The quantitative estimate of drug-likeness (QED) is 0.438. The molecule has 152 valence electrons. The number of benzene rings is 1. The Labute approximate surface area is 168 Å². The average Bonchev–Trinajstić information content (AvgIpc) is 2.90. The molecule has 3 atom stereocenters. The zero-order chi connectivity index (χ0) is 20.5. The van der Waals surface area contributed by atoms with Crippen molar-refractivity contribution in [2.75, 3.05) is 0 Å². The fourth-order valence-corrected chi connectivity index (χ4v) is 4.46. The van der Waals surface area contributed by atoms with E-state index in [0.29, 0.717) is 6.61 Å². The molecule has 6 heteroatoms. The standard InChI is InChI=1S/C22H31NO4Si/c1-15-12-17-18(23-25-14-16-10-8-7-9-11-16)13-19(24)26-21(17)20(15)27-28(5,6)22(2,3)4/h7-12,18,20-21,23H,1,13-14H2,2-6H3. The minimum Gasteiger partial charge on any atom is -0.455 e. The van der Waals surface area contributed by atoms with Gasteiger partial charge in [0.1, 0.15) is 6.10 Å². The van der Waals surface area contributed by atoms with Crippen LogP contribution < -0.4 is 5.48 Å². The van der Waals surface area contributed by atoms with Gasteiger partial charge in [-0.25, -0.2) is 0 Å². The molecular formula is C22H31NO4Si. The van der Waals surface area contributed by atoms with Crippen LogP contribution in [0, 0.1) is 0 Å². The van der Waals surface area contributed by atoms with E-state index in [0.717, 1.165) is 16.7 Å². The second-order valence-corrected chi connectivity index (χ2v) is 13.8. The Balaban J connectivity index is 1.68. The fraction of sp³-hybridized carbons (Fsp3) is 0.500. The highest BCUT2D eigenvalue weighted by Gasteiger charge is 2.48. The third kappa shape index (κ3) is 4.46. The van der Waals surface area contributed by atoms with Crippen LogP contribution in [0.2, 0.25) is 18.1 Å². The summed E-state index contributed by atoms with van der Waals surface area (Å²) in [5.74, 6) is -0.249. The summed E-state index contributed by atoms with van der Waals surface area (Å²) in [7, 11) is -2.04. The highest BCUT2D eigenvalue weighted by molar-refractivity contribution is 6.74. The fourth-order valence-electron chi connectivity index (χ4n) is 3.19. The second kappa shape index (κ2) is 7.95. The van der Waals surface area contributed by atoms with Crippen LogP contribution in [-0.2, 0) is 25.4 Å². The number of carbonyl (C=O) groups is 1. The molecule has 0 saturated carbocycles. The van der Waals surface area contributed by atoms with Gasteiger partial charge in [0.05, 0.1) is 19.1 Å². The van der Waals surface area contributed by atoms with E-state index in [1.807, 2.05) is 36.4 Å². The normalized spacial score (nSPS) is 25.3. The van der Waals surface area contributed by atoms with Crippen molar-refractivity contribution >= 4 is 14.3 Å². The van der Waals surface area contributed by atoms with E-state index in [1.165, 1.54) is 0 Å². The van der Waals surface area contributed by atoms with Crippen LogP contribution in [-0.4, -0.2) is 32.5 Å². The Morgan fingerprint density at radius 2 is 1.93 bits per heavy atom. The van der Waals surface area contributed by atoms with Crippen molar-refractivity contribution in [3.8, 4) is 0 Å². The number of carbonyl (C=O) groups excluding carboxylic acids is 1. The second-order valence-electron chi connectivity index (χ2n) is 9.08. The van der Waals surface area contributed by atoms with Crippen molar-refractivity contribution in [1.29, 1.82) is 0 Å². The summed E-state index contributed by atoms with van der Waals surface area (Å²) < 4.78 is 12.2. The lowest BCUT2D eigenvalue weighted by Gasteiger charge is -2.41. The van der Waals surface area contributed by atoms with Crippen LogP contribution in [0.3, 0.4) is 0 Å². The Hall–Kier alpha value is -1.73. The molecule has 0 radical (unpaired) electrons. The maximum atomic E-state index is 12.2. The predicted octanol–water partition coefficient (Wildman–Crippen LogP) is 4.28. The summed E-state index contributed by atoms with van der Waals surface area (Å²) in [5.41, 5.74) is 5.94. The topological polar surface area (TPSA) is 56.8 Å². The van der Waals surface area contributed by atoms with Crippen LogP contribution >= 0.6 is 0 Å². The summed E-state index contributed by atoms with van der Waals surface area (Å²) in [6.07, 6.45) is 1.48. The maximum Gasteiger partial charge on any atom is 0.308 e. The van der Waals surface area contributed by atoms with Crippen LogP contribution in [0.25, 0.3) is 0 Å². The van der Waals surface area contributed by atoms with Crippen molar-refractivity contribution in [2.24, 2.45) is 0 Å². The number of fused-ring (bicyclic) bond motifs is 1. The Morgan fingerprint density at radius 1 is 1.25 bits per heavy atom. The molecule has 1 N–H and O–H groups in total. The first-order chi connectivity index (χ1) is 13.1. The van der Waals surface area contributed by atoms with Gasteiger partial charge in [-0.15, -0.1) is 0 Å². The first kappa shape index (κ1) is 21.0. The SMILES string of the molecule is C=C1C=C2C(NOCc3ccccc3)CC(=O)OC2C1O[Si](C)(C)C(C)(C)C. The molecule has 1 aromatic carbocycles. The van der Waals surface area contributed by atoms with Gasteiger partial charge in [-0.05, 0) is 34.8 Å². The van der Waals surface area contributed by atoms with Gasteiger partial charge in [0.2, 0.25) is 0 Å². The molecule has 1 aromatic rings. The van der Waals surface area contributed by atoms with Crippen LogP contribution in [0.5, 0.6) is 0 Å². The molecule has 0 bridgehead atoms. The summed E-state index contributed by atoms with van der Waals surface area (Å²) in [4.78, 5) is 17.9. The lowest BCUT2D eigenvalue weighted by Crippen LogP contribution is -2.51. The molecule has 0 aromatic heterocycles. The third-order valence-corrected chi connectivity index (χ3v) is 10.3. The number of hydroxylamine groups is 1. The predicted molar refractivity (Wildman–Crippen MR) is 112 cm³/mol. The number of hydrogen-bond donors (Lipinski definition) is 1. The van der Waals surface area contributed by atoms with Gasteiger partial charge >= 0.3 is 5.97 Å². The number of hydrogen-bond acceptors (Lipinski definition) is 5. The zero-order valence-electron chi connectivity index (χ0n) is 17.5. The number of esters is 1. The highest BCUT2D eigenvalue weighted by atomic mass is 28.4. The molecule has 0 spiro atoms. The Morgan fingerprint density at radius 3 is 2.57 bits per heavy atom. The van der Waals surface area contributed by atoms with E-state index in [-0.39, 0.29) is 29.6 Å². The summed E-state index contributed by atoms with van der Waals surface area (Å²) in [5, 5.41) is 0.0607. The lowest BCUT2D eigenvalue weighted by molar-refractivity contribution is -0.156. The lowest BCUT2D eigenvalue weighted by atomic mass is 9.98. The van der Waals surface area contributed by atoms with Crippen molar-refractivity contribution in [2.45, 2.75) is 70.2 Å². The van der Waals surface area contributed by atoms with Crippen LogP contribution in [0.4, 0.5) is 0 Å². The molecule has 1 saturated heterocycles. The first-order valence-electron chi connectivity index (χ1n) is 9.77. The minimum atomic E-state index is -2.04. The van der Waals surface area contributed by atoms with Crippen molar-refractivity contribution in [3.05, 3.63) is 59.7 Å². The van der Waals surface area contributed by atoms with Gasteiger partial charge in [0, 0.05) is 0 Å². The summed E-state index contributed by atoms with van der Waals surface area (Å²) in [6.45, 7) is 15.6. The van der Waals surface area contributed by atoms with E-state index in [9.17, 15) is 4.79 Å². The molecule has 3 unspecified atom stereocenters. The monoisotopic (exact) mass is 401 g/mol. The van der Waals surface area contributed by atoms with E-state index in [2.05, 4.69) is 45.9 Å². The number of ether oxygens (including phenoxy) is 1. The van der Waals surface area contributed by atoms with Crippen molar-refractivity contribution in [1.82, 2.24) is 5.48 Å². The molecule has 1 fully saturated rings. The zero-order valence-corrected chi connectivity index (χ0v) is 18.5. The summed E-state index contributed by atoms with van der Waals surface area (Å²) in [6, 6.07) is 9.67. The minimum absolute atomic E-state index is 0.0607. The molecule has 28 heavy (non-hydrogen) atoms. The molecule has 2 aliphatic rings. The van der Waals surface area contributed by atoms with Gasteiger partial charge in [-0.1, -0.05) is 63.8 Å². The number of rotatable bonds is 6. The van der Waals surface area contributed by atoms with E-state index in [4.69, 9.17) is 14.0 Å². The van der Waals surface area contributed by atoms with E-state index >= 15 is 0 Å². The van der Waals surface area contributed by atoms with E-state index in [1.54, 1.807) is 0 Å². The highest BCUT2D eigenvalue weighted by Crippen LogP contribution is 2.42. The Kier molecular flexibility index (Phi) is 5.96. The maximum absolute atomic E-state index is 12.2. The average molecular weight is 402 g/mol. The summed E-state index contributed by atoms with van der Waals surface area (Å²) >= 11 is 0. The largest absolute Gasteiger partial charge is 0.455 e. The Bertz CT molecular complexity index is 766. The van der Waals surface area contributed by atoms with Gasteiger partial charge < -0.3 is 9.16 Å². The van der Waals surface area contributed by atoms with Crippen molar-refractivity contribution < 1.29 is 18.8 Å². The number of nitrogens with one attached hydrogen (secondary N) is 1. The molecule has 5 nitrogen and oxygen atoms in total. The smallest absolute Gasteiger partial charge is 0.308 e. The first-order valence-corrected chi connectivity index (χ1v) is 12.7.